The fourth-order valence-corrected chi connectivity index (χ4v) is 2.06. The van der Waals surface area contributed by atoms with Crippen molar-refractivity contribution < 1.29 is 14.7 Å². The number of carbonyl (C=O) groups is 2. The van der Waals surface area contributed by atoms with Gasteiger partial charge in [0.1, 0.15) is 5.56 Å². The molecule has 1 saturated heterocycles. The molecule has 1 fully saturated rings. The average molecular weight is 250 g/mol. The molecule has 2 N–H and O–H groups in total. The van der Waals surface area contributed by atoms with E-state index in [1.807, 2.05) is 0 Å². The maximum absolute atomic E-state index is 12.1. The Hall–Kier alpha value is -2.11. The van der Waals surface area contributed by atoms with Crippen LogP contribution in [0.1, 0.15) is 23.7 Å². The summed E-state index contributed by atoms with van der Waals surface area (Å²) in [4.78, 5) is 38.8. The van der Waals surface area contributed by atoms with E-state index in [1.165, 1.54) is 23.4 Å². The molecule has 0 aliphatic carbocycles. The maximum Gasteiger partial charge on any atom is 0.311 e. The number of carboxylic acid groups (broad SMARTS) is 1. The molecule has 2 rings (SSSR count). The molecule has 0 bridgehead atoms. The number of nitrogens with zero attached hydrogens (tertiary/aromatic N) is 1. The number of likely N-dealkylation sites (tertiary alicyclic amines) is 1. The molecule has 1 unspecified atom stereocenters. The highest BCUT2D eigenvalue weighted by atomic mass is 16.4. The fourth-order valence-electron chi connectivity index (χ4n) is 2.06. The van der Waals surface area contributed by atoms with Crippen LogP contribution in [0.15, 0.2) is 23.3 Å². The van der Waals surface area contributed by atoms with Crippen LogP contribution in [-0.4, -0.2) is 40.0 Å². The summed E-state index contributed by atoms with van der Waals surface area (Å²) < 4.78 is 0. The smallest absolute Gasteiger partial charge is 0.311 e. The lowest BCUT2D eigenvalue weighted by atomic mass is 9.90. The summed E-state index contributed by atoms with van der Waals surface area (Å²) in [6, 6.07) is 1.28. The minimum atomic E-state index is -0.919. The van der Waals surface area contributed by atoms with Crippen LogP contribution >= 0.6 is 0 Å². The van der Waals surface area contributed by atoms with Gasteiger partial charge in [0.05, 0.1) is 5.41 Å². The van der Waals surface area contributed by atoms with E-state index >= 15 is 0 Å². The quantitative estimate of drug-likeness (QED) is 0.790. The van der Waals surface area contributed by atoms with E-state index in [1.54, 1.807) is 6.92 Å². The molecule has 0 aromatic carbocycles. The Balaban J connectivity index is 2.21. The Kier molecular flexibility index (Phi) is 2.94. The zero-order valence-electron chi connectivity index (χ0n) is 9.97. The fraction of sp³-hybridized carbons (Fsp3) is 0.417. The summed E-state index contributed by atoms with van der Waals surface area (Å²) in [6.45, 7) is 2.10. The highest BCUT2D eigenvalue weighted by Gasteiger charge is 2.42. The lowest BCUT2D eigenvalue weighted by Gasteiger charge is -2.19. The normalized spacial score (nSPS) is 23.1. The minimum absolute atomic E-state index is 0.0483. The van der Waals surface area contributed by atoms with Gasteiger partial charge in [-0.05, 0) is 13.3 Å². The number of hydrogen-bond donors (Lipinski definition) is 2. The van der Waals surface area contributed by atoms with Gasteiger partial charge in [-0.15, -0.1) is 0 Å². The molecular weight excluding hydrogens is 236 g/mol. The molecule has 0 saturated carbocycles. The van der Waals surface area contributed by atoms with Crippen LogP contribution in [0.25, 0.3) is 0 Å². The van der Waals surface area contributed by atoms with Crippen molar-refractivity contribution in [1.82, 2.24) is 9.88 Å². The second kappa shape index (κ2) is 4.29. The molecule has 18 heavy (non-hydrogen) atoms. The summed E-state index contributed by atoms with van der Waals surface area (Å²) in [5.41, 5.74) is -1.23. The predicted molar refractivity (Wildman–Crippen MR) is 63.3 cm³/mol. The van der Waals surface area contributed by atoms with Crippen LogP contribution in [-0.2, 0) is 4.79 Å². The second-order valence-corrected chi connectivity index (χ2v) is 4.76. The number of carbonyl (C=O) groups excluding carboxylic acids is 1. The van der Waals surface area contributed by atoms with Crippen molar-refractivity contribution in [3.63, 3.8) is 0 Å². The molecule has 0 radical (unpaired) electrons. The van der Waals surface area contributed by atoms with Gasteiger partial charge in [-0.3, -0.25) is 14.4 Å². The molecule has 1 aromatic heterocycles. The molecule has 1 aliphatic rings. The van der Waals surface area contributed by atoms with E-state index in [2.05, 4.69) is 4.98 Å². The Bertz CT molecular complexity index is 551. The minimum Gasteiger partial charge on any atom is -0.481 e. The molecule has 1 aromatic rings. The van der Waals surface area contributed by atoms with Crippen LogP contribution in [0.3, 0.4) is 0 Å². The van der Waals surface area contributed by atoms with Gasteiger partial charge in [-0.25, -0.2) is 0 Å². The third-order valence-corrected chi connectivity index (χ3v) is 3.33. The number of hydrogen-bond acceptors (Lipinski definition) is 3. The Morgan fingerprint density at radius 3 is 2.78 bits per heavy atom. The molecule has 6 nitrogen and oxygen atoms in total. The molecule has 96 valence electrons. The SMILES string of the molecule is CC1(C(=O)O)CCN(C(=O)c2c[nH]ccc2=O)C1. The average Bonchev–Trinajstić information content (AvgIpc) is 2.73. The highest BCUT2D eigenvalue weighted by molar-refractivity contribution is 5.94. The van der Waals surface area contributed by atoms with E-state index in [0.717, 1.165) is 0 Å². The number of H-pyrrole nitrogens is 1. The summed E-state index contributed by atoms with van der Waals surface area (Å²) in [5, 5.41) is 9.09. The van der Waals surface area contributed by atoms with Gasteiger partial charge < -0.3 is 15.0 Å². The van der Waals surface area contributed by atoms with Crippen LogP contribution < -0.4 is 5.43 Å². The van der Waals surface area contributed by atoms with E-state index in [4.69, 9.17) is 5.11 Å². The summed E-state index contributed by atoms with van der Waals surface area (Å²) in [6.07, 6.45) is 3.20. The van der Waals surface area contributed by atoms with Crippen molar-refractivity contribution in [2.75, 3.05) is 13.1 Å². The number of aromatic amines is 1. The summed E-state index contributed by atoms with van der Waals surface area (Å²) in [7, 11) is 0. The Morgan fingerprint density at radius 2 is 2.22 bits per heavy atom. The first-order valence-corrected chi connectivity index (χ1v) is 5.64. The monoisotopic (exact) mass is 250 g/mol. The second-order valence-electron chi connectivity index (χ2n) is 4.76. The number of nitrogens with one attached hydrogen (secondary N) is 1. The Morgan fingerprint density at radius 1 is 1.50 bits per heavy atom. The predicted octanol–water partition coefficient (Wildman–Crippen LogP) is 0.312. The van der Waals surface area contributed by atoms with Crippen molar-refractivity contribution in [2.45, 2.75) is 13.3 Å². The third kappa shape index (κ3) is 2.01. The third-order valence-electron chi connectivity index (χ3n) is 3.33. The van der Waals surface area contributed by atoms with Crippen LogP contribution in [0, 0.1) is 5.41 Å². The van der Waals surface area contributed by atoms with Gasteiger partial charge >= 0.3 is 5.97 Å². The summed E-state index contributed by atoms with van der Waals surface area (Å²) >= 11 is 0. The summed E-state index contributed by atoms with van der Waals surface area (Å²) in [5.74, 6) is -1.33. The zero-order chi connectivity index (χ0) is 13.3. The molecule has 1 atom stereocenters. The first-order valence-electron chi connectivity index (χ1n) is 5.64. The number of aliphatic carboxylic acids is 1. The van der Waals surface area contributed by atoms with Gasteiger partial charge in [-0.1, -0.05) is 0 Å². The highest BCUT2D eigenvalue weighted by Crippen LogP contribution is 2.30. The molecule has 1 amide bonds. The van der Waals surface area contributed by atoms with Crippen molar-refractivity contribution in [2.24, 2.45) is 5.41 Å². The van der Waals surface area contributed by atoms with E-state index in [0.29, 0.717) is 13.0 Å². The first kappa shape index (κ1) is 12.3. The largest absolute Gasteiger partial charge is 0.481 e. The maximum atomic E-state index is 12.1. The van der Waals surface area contributed by atoms with E-state index in [9.17, 15) is 14.4 Å². The zero-order valence-corrected chi connectivity index (χ0v) is 9.97. The standard InChI is InChI=1S/C12H14N2O4/c1-12(11(17)18)3-5-14(7-12)10(16)8-6-13-4-2-9(8)15/h2,4,6H,3,5,7H2,1H3,(H,13,15)(H,17,18). The number of carboxylic acids is 1. The number of amides is 1. The topological polar surface area (TPSA) is 90.5 Å². The van der Waals surface area contributed by atoms with Crippen molar-refractivity contribution >= 4 is 11.9 Å². The van der Waals surface area contributed by atoms with E-state index < -0.39 is 17.3 Å². The lowest BCUT2D eigenvalue weighted by Crippen LogP contribution is -2.36. The van der Waals surface area contributed by atoms with Crippen LogP contribution in [0.2, 0.25) is 0 Å². The number of pyridine rings is 1. The van der Waals surface area contributed by atoms with Gasteiger partial charge in [0.2, 0.25) is 0 Å². The Labute approximate surface area is 103 Å². The van der Waals surface area contributed by atoms with Crippen LogP contribution in [0.4, 0.5) is 0 Å². The van der Waals surface area contributed by atoms with Crippen molar-refractivity contribution in [3.8, 4) is 0 Å². The molecule has 0 spiro atoms. The van der Waals surface area contributed by atoms with Crippen molar-refractivity contribution in [3.05, 3.63) is 34.2 Å². The van der Waals surface area contributed by atoms with Gasteiger partial charge in [0.15, 0.2) is 5.43 Å². The van der Waals surface area contributed by atoms with Crippen LogP contribution in [0.5, 0.6) is 0 Å². The molecule has 2 heterocycles. The number of aromatic nitrogens is 1. The van der Waals surface area contributed by atoms with Gasteiger partial charge in [0, 0.05) is 31.5 Å². The molecule has 1 aliphatic heterocycles. The molecule has 6 heteroatoms. The van der Waals surface area contributed by atoms with Crippen molar-refractivity contribution in [1.29, 1.82) is 0 Å². The first-order chi connectivity index (χ1) is 8.44. The van der Waals surface area contributed by atoms with Gasteiger partial charge in [0.25, 0.3) is 5.91 Å². The molecular formula is C12H14N2O4. The van der Waals surface area contributed by atoms with Gasteiger partial charge in [-0.2, -0.15) is 0 Å². The lowest BCUT2D eigenvalue weighted by molar-refractivity contribution is -0.147. The number of rotatable bonds is 2. The van der Waals surface area contributed by atoms with E-state index in [-0.39, 0.29) is 17.5 Å².